The first-order chi connectivity index (χ1) is 18.1. The molecule has 5 heterocycles. The predicted molar refractivity (Wildman–Crippen MR) is 140 cm³/mol. The Morgan fingerprint density at radius 2 is 1.81 bits per heavy atom. The summed E-state index contributed by atoms with van der Waals surface area (Å²) in [5.41, 5.74) is 6.70. The molecule has 6 aromatic rings. The number of hydrogen-bond donors (Lipinski definition) is 4. The van der Waals surface area contributed by atoms with Gasteiger partial charge in [0.15, 0.2) is 5.82 Å². The highest BCUT2D eigenvalue weighted by Crippen LogP contribution is 2.32. The molecule has 0 aliphatic carbocycles. The summed E-state index contributed by atoms with van der Waals surface area (Å²) in [6.07, 6.45) is 9.42. The molecular weight excluding hydrogens is 471 g/mol. The molecule has 0 amide bonds. The zero-order valence-corrected chi connectivity index (χ0v) is 19.9. The molecule has 4 N–H and O–H groups in total. The Hall–Kier alpha value is -4.70. The van der Waals surface area contributed by atoms with Crippen molar-refractivity contribution < 1.29 is 9.50 Å². The van der Waals surface area contributed by atoms with Crippen LogP contribution in [0.25, 0.3) is 55.8 Å². The van der Waals surface area contributed by atoms with E-state index in [9.17, 15) is 9.50 Å². The van der Waals surface area contributed by atoms with Crippen molar-refractivity contribution in [3.8, 4) is 33.9 Å². The zero-order chi connectivity index (χ0) is 25.4. The third-order valence-electron chi connectivity index (χ3n) is 6.15. The molecule has 0 saturated carbocycles. The second-order valence-corrected chi connectivity index (χ2v) is 8.77. The van der Waals surface area contributed by atoms with Gasteiger partial charge in [0.2, 0.25) is 0 Å². The number of nitrogens with zero attached hydrogens (tertiary/aromatic N) is 5. The molecule has 0 aliphatic heterocycles. The van der Waals surface area contributed by atoms with Gasteiger partial charge in [0.25, 0.3) is 0 Å². The number of fused-ring (bicyclic) bond motifs is 2. The number of aromatic nitrogens is 7. The van der Waals surface area contributed by atoms with Gasteiger partial charge in [-0.2, -0.15) is 5.10 Å². The van der Waals surface area contributed by atoms with Crippen molar-refractivity contribution in [1.29, 1.82) is 0 Å². The molecule has 1 atom stereocenters. The molecule has 0 fully saturated rings. The number of anilines is 1. The van der Waals surface area contributed by atoms with Gasteiger partial charge in [0, 0.05) is 28.9 Å². The largest absolute Gasteiger partial charge is 0.374 e. The van der Waals surface area contributed by atoms with Gasteiger partial charge in [0.05, 0.1) is 46.5 Å². The molecule has 9 nitrogen and oxygen atoms in total. The molecule has 0 saturated heterocycles. The fourth-order valence-corrected chi connectivity index (χ4v) is 4.34. The van der Waals surface area contributed by atoms with Crippen LogP contribution in [0.1, 0.15) is 19.8 Å². The van der Waals surface area contributed by atoms with Crippen molar-refractivity contribution in [3.63, 3.8) is 0 Å². The van der Waals surface area contributed by atoms with Crippen LogP contribution in [0.3, 0.4) is 0 Å². The lowest BCUT2D eigenvalue weighted by atomic mass is 10.1. The Labute approximate surface area is 210 Å². The van der Waals surface area contributed by atoms with Crippen molar-refractivity contribution in [2.45, 2.75) is 26.0 Å². The number of aliphatic hydroxyl groups is 1. The third kappa shape index (κ3) is 4.38. The lowest BCUT2D eigenvalue weighted by molar-refractivity contribution is 0.192. The van der Waals surface area contributed by atoms with E-state index in [1.807, 2.05) is 19.1 Å². The Kier molecular flexibility index (Phi) is 5.78. The van der Waals surface area contributed by atoms with Crippen molar-refractivity contribution in [2.24, 2.45) is 0 Å². The number of hydrogen-bond acceptors (Lipinski definition) is 7. The number of halogens is 1. The number of imidazole rings is 1. The lowest BCUT2D eigenvalue weighted by Gasteiger charge is -2.13. The molecule has 1 unspecified atom stereocenters. The van der Waals surface area contributed by atoms with E-state index in [1.54, 1.807) is 43.1 Å². The molecule has 10 heteroatoms. The van der Waals surface area contributed by atoms with Gasteiger partial charge < -0.3 is 15.4 Å². The number of benzene rings is 1. The van der Waals surface area contributed by atoms with E-state index in [0.717, 1.165) is 45.0 Å². The first-order valence-electron chi connectivity index (χ1n) is 11.9. The molecule has 0 radical (unpaired) electrons. The van der Waals surface area contributed by atoms with Crippen LogP contribution >= 0.6 is 0 Å². The average molecular weight is 495 g/mol. The summed E-state index contributed by atoms with van der Waals surface area (Å²) in [6.45, 7) is 2.02. The molecule has 184 valence electrons. The maximum Gasteiger partial charge on any atom is 0.159 e. The van der Waals surface area contributed by atoms with Gasteiger partial charge in [-0.15, -0.1) is 0 Å². The molecule has 37 heavy (non-hydrogen) atoms. The predicted octanol–water partition coefficient (Wildman–Crippen LogP) is 5.29. The molecular formula is C27H23FN8O. The number of nitrogens with one attached hydrogen (secondary N) is 3. The quantitative estimate of drug-likeness (QED) is 0.222. The number of rotatable bonds is 7. The van der Waals surface area contributed by atoms with Gasteiger partial charge in [-0.3, -0.25) is 20.1 Å². The smallest absolute Gasteiger partial charge is 0.159 e. The fourth-order valence-electron chi connectivity index (χ4n) is 4.34. The van der Waals surface area contributed by atoms with Crippen LogP contribution in [0.4, 0.5) is 10.1 Å². The number of H-pyrrole nitrogens is 2. The van der Waals surface area contributed by atoms with E-state index in [4.69, 9.17) is 4.98 Å². The summed E-state index contributed by atoms with van der Waals surface area (Å²) < 4.78 is 13.4. The second kappa shape index (κ2) is 9.40. The van der Waals surface area contributed by atoms with Gasteiger partial charge in [-0.05, 0) is 36.2 Å². The topological polar surface area (TPSA) is 128 Å². The van der Waals surface area contributed by atoms with E-state index in [1.165, 1.54) is 12.1 Å². The van der Waals surface area contributed by atoms with Crippen LogP contribution in [0.15, 0.2) is 67.4 Å². The normalized spacial score (nSPS) is 12.3. The molecule has 1 aromatic carbocycles. The van der Waals surface area contributed by atoms with Crippen molar-refractivity contribution in [1.82, 2.24) is 35.1 Å². The Morgan fingerprint density at radius 1 is 0.973 bits per heavy atom. The van der Waals surface area contributed by atoms with Crippen LogP contribution in [-0.4, -0.2) is 46.5 Å². The Balaban J connectivity index is 1.39. The highest BCUT2D eigenvalue weighted by molar-refractivity contribution is 5.97. The van der Waals surface area contributed by atoms with E-state index in [-0.39, 0.29) is 5.82 Å². The first kappa shape index (κ1) is 22.7. The first-order valence-corrected chi connectivity index (χ1v) is 11.9. The molecule has 0 aliphatic rings. The van der Waals surface area contributed by atoms with Gasteiger partial charge >= 0.3 is 0 Å². The van der Waals surface area contributed by atoms with Crippen molar-refractivity contribution >= 4 is 27.6 Å². The lowest BCUT2D eigenvalue weighted by Crippen LogP contribution is -2.18. The highest BCUT2D eigenvalue weighted by atomic mass is 19.1. The van der Waals surface area contributed by atoms with Crippen LogP contribution in [0.5, 0.6) is 0 Å². The minimum atomic E-state index is -0.639. The second-order valence-electron chi connectivity index (χ2n) is 8.77. The van der Waals surface area contributed by atoms with Crippen LogP contribution in [0.2, 0.25) is 0 Å². The summed E-state index contributed by atoms with van der Waals surface area (Å²) in [7, 11) is 0. The van der Waals surface area contributed by atoms with Gasteiger partial charge in [0.1, 0.15) is 17.7 Å². The number of aliphatic hydroxyl groups excluding tert-OH is 1. The van der Waals surface area contributed by atoms with E-state index in [0.29, 0.717) is 29.3 Å². The summed E-state index contributed by atoms with van der Waals surface area (Å²) in [5, 5.41) is 21.5. The number of aromatic amines is 2. The maximum atomic E-state index is 13.4. The monoisotopic (exact) mass is 494 g/mol. The van der Waals surface area contributed by atoms with E-state index in [2.05, 4.69) is 35.5 Å². The molecule has 0 spiro atoms. The average Bonchev–Trinajstić information content (AvgIpc) is 3.53. The molecule has 0 bridgehead atoms. The SMILES string of the molecule is CCCC(O)Nc1cncc(-c2cc3c(-c4nc5c(-c6ccc(F)cc6)cncc5[nH]4)n[nH]c3cn2)c1. The molecule has 6 rings (SSSR count). The maximum absolute atomic E-state index is 13.4. The van der Waals surface area contributed by atoms with Crippen LogP contribution in [-0.2, 0) is 0 Å². The minimum absolute atomic E-state index is 0.298. The van der Waals surface area contributed by atoms with Crippen LogP contribution in [0, 0.1) is 5.82 Å². The zero-order valence-electron chi connectivity index (χ0n) is 19.9. The molecule has 5 aromatic heterocycles. The number of pyridine rings is 3. The summed E-state index contributed by atoms with van der Waals surface area (Å²) in [5.74, 6) is 0.277. The van der Waals surface area contributed by atoms with Crippen molar-refractivity contribution in [2.75, 3.05) is 5.32 Å². The highest BCUT2D eigenvalue weighted by Gasteiger charge is 2.17. The minimum Gasteiger partial charge on any atom is -0.374 e. The Bertz CT molecular complexity index is 1710. The summed E-state index contributed by atoms with van der Waals surface area (Å²) in [4.78, 5) is 21.4. The van der Waals surface area contributed by atoms with Gasteiger partial charge in [-0.1, -0.05) is 25.5 Å². The summed E-state index contributed by atoms with van der Waals surface area (Å²) >= 11 is 0. The fraction of sp³-hybridized carbons (Fsp3) is 0.148. The third-order valence-corrected chi connectivity index (χ3v) is 6.15. The van der Waals surface area contributed by atoms with E-state index < -0.39 is 6.23 Å². The summed E-state index contributed by atoms with van der Waals surface area (Å²) in [6, 6.07) is 10.1. The van der Waals surface area contributed by atoms with E-state index >= 15 is 0 Å². The van der Waals surface area contributed by atoms with Gasteiger partial charge in [-0.25, -0.2) is 9.37 Å². The Morgan fingerprint density at radius 3 is 2.65 bits per heavy atom. The van der Waals surface area contributed by atoms with Crippen LogP contribution < -0.4 is 5.32 Å². The standard InChI is InChI=1S/C27H23FN8O/c1-2-3-24(37)32-18-8-16(10-29-11-18)21-9-19-22(14-31-21)35-36-26(19)27-33-23-13-30-12-20(25(23)34-27)15-4-6-17(28)7-5-15/h4-14,24,32,37H,2-3H2,1H3,(H,33,34)(H,35,36). The van der Waals surface area contributed by atoms with Crippen molar-refractivity contribution in [3.05, 3.63) is 73.2 Å².